The van der Waals surface area contributed by atoms with Gasteiger partial charge in [-0.15, -0.1) is 0 Å². The van der Waals surface area contributed by atoms with E-state index in [4.69, 9.17) is 10.2 Å². The summed E-state index contributed by atoms with van der Waals surface area (Å²) in [6.45, 7) is 1.70. The number of amides is 2. The number of carbonyl (C=O) groups excluding carboxylic acids is 1. The summed E-state index contributed by atoms with van der Waals surface area (Å²) in [6.07, 6.45) is 1.60. The van der Waals surface area contributed by atoms with E-state index >= 15 is 0 Å². The summed E-state index contributed by atoms with van der Waals surface area (Å²) >= 11 is 0. The largest absolute Gasteiger partial charge is 0.467 e. The van der Waals surface area contributed by atoms with Crippen LogP contribution in [0.25, 0.3) is 0 Å². The fourth-order valence-electron chi connectivity index (χ4n) is 1.59. The molecule has 0 radical (unpaired) electrons. The average Bonchev–Trinajstić information content (AvgIpc) is 2.76. The molecule has 5 heteroatoms. The summed E-state index contributed by atoms with van der Waals surface area (Å²) in [5.74, 6) is 0.790. The lowest BCUT2D eigenvalue weighted by molar-refractivity contribution is 0.218. The monoisotopic (exact) mass is 195 g/mol. The molecule has 1 aromatic rings. The number of furan rings is 1. The molecule has 1 aliphatic heterocycles. The summed E-state index contributed by atoms with van der Waals surface area (Å²) in [4.78, 5) is 13.1. The molecular formula is C9H13N3O2. The van der Waals surface area contributed by atoms with Gasteiger partial charge >= 0.3 is 6.03 Å². The van der Waals surface area contributed by atoms with Gasteiger partial charge in [0.05, 0.1) is 12.8 Å². The Labute approximate surface area is 81.9 Å². The molecule has 0 aliphatic carbocycles. The minimum Gasteiger partial charge on any atom is -0.467 e. The average molecular weight is 195 g/mol. The lowest BCUT2D eigenvalue weighted by atomic mass is 10.2. The van der Waals surface area contributed by atoms with E-state index in [2.05, 4.69) is 5.32 Å². The Morgan fingerprint density at radius 2 is 2.57 bits per heavy atom. The Morgan fingerprint density at radius 3 is 3.21 bits per heavy atom. The highest BCUT2D eigenvalue weighted by atomic mass is 16.3. The van der Waals surface area contributed by atoms with E-state index in [-0.39, 0.29) is 12.1 Å². The Bertz CT molecular complexity index is 310. The van der Waals surface area contributed by atoms with Crippen LogP contribution >= 0.6 is 0 Å². The number of hydrogen-bond acceptors (Lipinski definition) is 3. The maximum atomic E-state index is 11.4. The molecule has 0 spiro atoms. The zero-order chi connectivity index (χ0) is 9.97. The van der Waals surface area contributed by atoms with Crippen LogP contribution in [0, 0.1) is 0 Å². The molecule has 0 bridgehead atoms. The van der Waals surface area contributed by atoms with Crippen molar-refractivity contribution in [3.05, 3.63) is 24.2 Å². The Hall–Kier alpha value is -1.49. The summed E-state index contributed by atoms with van der Waals surface area (Å²) in [6, 6.07) is 3.56. The first-order chi connectivity index (χ1) is 6.81. The van der Waals surface area contributed by atoms with Crippen LogP contribution in [0.15, 0.2) is 22.8 Å². The van der Waals surface area contributed by atoms with Crippen molar-refractivity contribution in [1.82, 2.24) is 10.2 Å². The van der Waals surface area contributed by atoms with Gasteiger partial charge in [-0.1, -0.05) is 0 Å². The number of urea groups is 1. The highest BCUT2D eigenvalue weighted by Gasteiger charge is 2.30. The standard InChI is InChI=1S/C9H13N3O2/c10-3-4-12-6-7(11-9(12)13)8-2-1-5-14-8/h1-2,5,7H,3-4,6,10H2,(H,11,13). The Morgan fingerprint density at radius 1 is 1.71 bits per heavy atom. The van der Waals surface area contributed by atoms with E-state index in [0.717, 1.165) is 5.76 Å². The number of nitrogens with zero attached hydrogens (tertiary/aromatic N) is 1. The van der Waals surface area contributed by atoms with Crippen LogP contribution in [0.3, 0.4) is 0 Å². The van der Waals surface area contributed by atoms with Crippen LogP contribution in [0.4, 0.5) is 4.79 Å². The van der Waals surface area contributed by atoms with Gasteiger partial charge in [-0.3, -0.25) is 0 Å². The highest BCUT2D eigenvalue weighted by molar-refractivity contribution is 5.77. The normalized spacial score (nSPS) is 21.4. The molecule has 1 fully saturated rings. The van der Waals surface area contributed by atoms with Crippen LogP contribution in [0.2, 0.25) is 0 Å². The minimum atomic E-state index is -0.0724. The zero-order valence-corrected chi connectivity index (χ0v) is 7.77. The molecule has 76 valence electrons. The molecule has 1 saturated heterocycles. The number of rotatable bonds is 3. The molecule has 0 saturated carbocycles. The molecule has 1 aromatic heterocycles. The van der Waals surface area contributed by atoms with Crippen molar-refractivity contribution in [3.63, 3.8) is 0 Å². The molecule has 14 heavy (non-hydrogen) atoms. The summed E-state index contributed by atoms with van der Waals surface area (Å²) < 4.78 is 5.22. The number of hydrogen-bond donors (Lipinski definition) is 2. The van der Waals surface area contributed by atoms with Crippen molar-refractivity contribution in [2.75, 3.05) is 19.6 Å². The highest BCUT2D eigenvalue weighted by Crippen LogP contribution is 2.19. The molecular weight excluding hydrogens is 182 g/mol. The first kappa shape index (κ1) is 9.08. The lowest BCUT2D eigenvalue weighted by Crippen LogP contribution is -2.32. The van der Waals surface area contributed by atoms with E-state index in [1.165, 1.54) is 0 Å². The zero-order valence-electron chi connectivity index (χ0n) is 7.77. The van der Waals surface area contributed by atoms with Gasteiger partial charge in [0.1, 0.15) is 11.8 Å². The van der Waals surface area contributed by atoms with Crippen molar-refractivity contribution < 1.29 is 9.21 Å². The molecule has 2 amide bonds. The van der Waals surface area contributed by atoms with E-state index in [0.29, 0.717) is 19.6 Å². The summed E-state index contributed by atoms with van der Waals surface area (Å²) in [5, 5.41) is 2.83. The van der Waals surface area contributed by atoms with Crippen LogP contribution in [-0.2, 0) is 0 Å². The van der Waals surface area contributed by atoms with E-state index in [1.807, 2.05) is 12.1 Å². The molecule has 1 unspecified atom stereocenters. The predicted molar refractivity (Wildman–Crippen MR) is 50.6 cm³/mol. The minimum absolute atomic E-state index is 0.0379. The fraction of sp³-hybridized carbons (Fsp3) is 0.444. The second-order valence-electron chi connectivity index (χ2n) is 3.25. The lowest BCUT2D eigenvalue weighted by Gasteiger charge is -2.11. The van der Waals surface area contributed by atoms with Crippen LogP contribution < -0.4 is 11.1 Å². The van der Waals surface area contributed by atoms with Gasteiger partial charge in [-0.05, 0) is 12.1 Å². The molecule has 2 heterocycles. The van der Waals surface area contributed by atoms with Crippen molar-refractivity contribution in [2.45, 2.75) is 6.04 Å². The van der Waals surface area contributed by atoms with Gasteiger partial charge in [0, 0.05) is 13.1 Å². The van der Waals surface area contributed by atoms with Gasteiger partial charge in [0.2, 0.25) is 0 Å². The second kappa shape index (κ2) is 3.71. The first-order valence-electron chi connectivity index (χ1n) is 4.60. The van der Waals surface area contributed by atoms with Gasteiger partial charge in [-0.25, -0.2) is 4.79 Å². The molecule has 3 N–H and O–H groups in total. The number of nitrogens with one attached hydrogen (secondary N) is 1. The fourth-order valence-corrected chi connectivity index (χ4v) is 1.59. The van der Waals surface area contributed by atoms with Crippen molar-refractivity contribution in [2.24, 2.45) is 5.73 Å². The van der Waals surface area contributed by atoms with Crippen LogP contribution in [0.5, 0.6) is 0 Å². The third-order valence-electron chi connectivity index (χ3n) is 2.27. The molecule has 2 rings (SSSR count). The van der Waals surface area contributed by atoms with E-state index < -0.39 is 0 Å². The Balaban J connectivity index is 2.03. The quantitative estimate of drug-likeness (QED) is 0.728. The van der Waals surface area contributed by atoms with Gasteiger partial charge in [0.15, 0.2) is 0 Å². The van der Waals surface area contributed by atoms with Gasteiger partial charge in [0.25, 0.3) is 0 Å². The third kappa shape index (κ3) is 1.58. The van der Waals surface area contributed by atoms with Crippen molar-refractivity contribution in [1.29, 1.82) is 0 Å². The molecule has 1 atom stereocenters. The number of carbonyl (C=O) groups is 1. The first-order valence-corrected chi connectivity index (χ1v) is 4.60. The third-order valence-corrected chi connectivity index (χ3v) is 2.27. The molecule has 0 aromatic carbocycles. The summed E-state index contributed by atoms with van der Waals surface area (Å²) in [5.41, 5.74) is 5.39. The second-order valence-corrected chi connectivity index (χ2v) is 3.25. The maximum absolute atomic E-state index is 11.4. The van der Waals surface area contributed by atoms with Crippen LogP contribution in [0.1, 0.15) is 11.8 Å². The number of nitrogens with two attached hydrogens (primary N) is 1. The van der Waals surface area contributed by atoms with Crippen LogP contribution in [-0.4, -0.2) is 30.6 Å². The predicted octanol–water partition coefficient (Wildman–Crippen LogP) is 0.305. The molecule has 1 aliphatic rings. The Kier molecular flexibility index (Phi) is 2.41. The van der Waals surface area contributed by atoms with E-state index in [1.54, 1.807) is 11.2 Å². The van der Waals surface area contributed by atoms with E-state index in [9.17, 15) is 4.79 Å². The maximum Gasteiger partial charge on any atom is 0.318 e. The van der Waals surface area contributed by atoms with Crippen molar-refractivity contribution in [3.8, 4) is 0 Å². The smallest absolute Gasteiger partial charge is 0.318 e. The topological polar surface area (TPSA) is 71.5 Å². The van der Waals surface area contributed by atoms with Gasteiger partial charge < -0.3 is 20.4 Å². The summed E-state index contributed by atoms with van der Waals surface area (Å²) in [7, 11) is 0. The molecule has 5 nitrogen and oxygen atoms in total. The van der Waals surface area contributed by atoms with Gasteiger partial charge in [-0.2, -0.15) is 0 Å². The SMILES string of the molecule is NCCN1CC(c2ccco2)NC1=O. The van der Waals surface area contributed by atoms with Crippen molar-refractivity contribution >= 4 is 6.03 Å².